The molecule has 1 aliphatic heterocycles. The van der Waals surface area contributed by atoms with Gasteiger partial charge in [-0.05, 0) is 77.2 Å². The number of aromatic nitrogens is 2. The van der Waals surface area contributed by atoms with Crippen LogP contribution in [0.2, 0.25) is 0 Å². The number of hydrogen-bond acceptors (Lipinski definition) is 4. The van der Waals surface area contributed by atoms with Crippen LogP contribution in [0.25, 0.3) is 0 Å². The van der Waals surface area contributed by atoms with Gasteiger partial charge < -0.3 is 14.0 Å². The van der Waals surface area contributed by atoms with E-state index in [-0.39, 0.29) is 18.3 Å². The van der Waals surface area contributed by atoms with Crippen LogP contribution in [-0.4, -0.2) is 28.1 Å². The van der Waals surface area contributed by atoms with Crippen molar-refractivity contribution in [1.29, 1.82) is 0 Å². The lowest BCUT2D eigenvalue weighted by Crippen LogP contribution is -2.41. The summed E-state index contributed by atoms with van der Waals surface area (Å²) in [4.78, 5) is 0. The third-order valence-electron chi connectivity index (χ3n) is 5.71. The summed E-state index contributed by atoms with van der Waals surface area (Å²) in [7, 11) is -0.349. The smallest absolute Gasteiger partial charge is 0.487 e. The Morgan fingerprint density at radius 2 is 1.74 bits per heavy atom. The molecule has 1 aliphatic rings. The lowest BCUT2D eigenvalue weighted by molar-refractivity contribution is 0.00578. The maximum Gasteiger partial charge on any atom is 0.495 e. The van der Waals surface area contributed by atoms with Crippen molar-refractivity contribution in [3.05, 3.63) is 41.2 Å². The van der Waals surface area contributed by atoms with Gasteiger partial charge in [0.15, 0.2) is 0 Å². The van der Waals surface area contributed by atoms with Gasteiger partial charge in [-0.2, -0.15) is 5.10 Å². The highest BCUT2D eigenvalue weighted by atomic mass is 16.7. The molecule has 0 saturated carbocycles. The molecule has 27 heavy (non-hydrogen) atoms. The van der Waals surface area contributed by atoms with Gasteiger partial charge in [-0.3, -0.25) is 4.68 Å². The van der Waals surface area contributed by atoms with Crippen molar-refractivity contribution in [2.75, 3.05) is 0 Å². The van der Waals surface area contributed by atoms with Crippen molar-refractivity contribution in [2.24, 2.45) is 0 Å². The topological polar surface area (TPSA) is 45.5 Å². The molecular formula is C21H31BN2O3. The van der Waals surface area contributed by atoms with Crippen molar-refractivity contribution < 1.29 is 14.0 Å². The third kappa shape index (κ3) is 3.92. The standard InChI is InChI=1S/C21H31BN2O3/c1-8-16-13-17(24(9-2)23-16)14-25-18-10-11-19(15(3)12-18)22-26-20(4,5)21(6,7)27-22/h10-13H,8-9,14H2,1-7H3. The molecule has 3 rings (SSSR count). The number of hydrogen-bond donors (Lipinski definition) is 0. The van der Waals surface area contributed by atoms with Crippen LogP contribution in [0.4, 0.5) is 0 Å². The van der Waals surface area contributed by atoms with Gasteiger partial charge in [0.25, 0.3) is 0 Å². The van der Waals surface area contributed by atoms with Crippen molar-refractivity contribution in [1.82, 2.24) is 9.78 Å². The fraction of sp³-hybridized carbons (Fsp3) is 0.571. The molecule has 5 nitrogen and oxygen atoms in total. The van der Waals surface area contributed by atoms with Crippen LogP contribution in [0, 0.1) is 6.92 Å². The van der Waals surface area contributed by atoms with Crippen LogP contribution in [0.5, 0.6) is 5.75 Å². The van der Waals surface area contributed by atoms with Crippen LogP contribution in [0.1, 0.15) is 58.5 Å². The second kappa shape index (κ2) is 7.32. The Kier molecular flexibility index (Phi) is 5.41. The molecule has 2 heterocycles. The molecule has 1 saturated heterocycles. The van der Waals surface area contributed by atoms with E-state index in [1.54, 1.807) is 0 Å². The van der Waals surface area contributed by atoms with Crippen LogP contribution in [0.15, 0.2) is 24.3 Å². The van der Waals surface area contributed by atoms with Crippen LogP contribution >= 0.6 is 0 Å². The number of ether oxygens (including phenoxy) is 1. The Balaban J connectivity index is 1.72. The van der Waals surface area contributed by atoms with Crippen molar-refractivity contribution in [3.63, 3.8) is 0 Å². The fourth-order valence-electron chi connectivity index (χ4n) is 3.21. The van der Waals surface area contributed by atoms with E-state index in [2.05, 4.69) is 59.6 Å². The lowest BCUT2D eigenvalue weighted by Gasteiger charge is -2.32. The maximum absolute atomic E-state index is 6.17. The molecule has 1 fully saturated rings. The molecule has 0 N–H and O–H groups in total. The van der Waals surface area contributed by atoms with E-state index in [1.165, 1.54) is 0 Å². The molecule has 1 aromatic carbocycles. The van der Waals surface area contributed by atoms with Crippen LogP contribution in [-0.2, 0) is 28.9 Å². The minimum Gasteiger partial charge on any atom is -0.487 e. The molecular weight excluding hydrogens is 339 g/mol. The Morgan fingerprint density at radius 1 is 1.07 bits per heavy atom. The molecule has 0 amide bonds. The predicted molar refractivity (Wildman–Crippen MR) is 109 cm³/mol. The molecule has 0 aliphatic carbocycles. The van der Waals surface area contributed by atoms with Gasteiger partial charge in [0, 0.05) is 6.54 Å². The van der Waals surface area contributed by atoms with Gasteiger partial charge in [-0.15, -0.1) is 0 Å². The van der Waals surface area contributed by atoms with Gasteiger partial charge >= 0.3 is 7.12 Å². The first-order valence-corrected chi connectivity index (χ1v) is 9.81. The number of aryl methyl sites for hydroxylation is 3. The molecule has 0 spiro atoms. The summed E-state index contributed by atoms with van der Waals surface area (Å²) in [6.07, 6.45) is 0.932. The summed E-state index contributed by atoms with van der Waals surface area (Å²) >= 11 is 0. The zero-order chi connectivity index (χ0) is 19.8. The van der Waals surface area contributed by atoms with E-state index in [0.29, 0.717) is 6.61 Å². The zero-order valence-electron chi connectivity index (χ0n) is 17.6. The maximum atomic E-state index is 6.17. The molecule has 1 aromatic heterocycles. The van der Waals surface area contributed by atoms with E-state index in [9.17, 15) is 0 Å². The van der Waals surface area contributed by atoms with Crippen molar-refractivity contribution >= 4 is 12.6 Å². The van der Waals surface area contributed by atoms with Gasteiger partial charge in [0.1, 0.15) is 12.4 Å². The van der Waals surface area contributed by atoms with Gasteiger partial charge in [-0.25, -0.2) is 0 Å². The highest BCUT2D eigenvalue weighted by Gasteiger charge is 2.52. The monoisotopic (exact) mass is 370 g/mol. The van der Waals surface area contributed by atoms with Crippen molar-refractivity contribution in [3.8, 4) is 5.75 Å². The summed E-state index contributed by atoms with van der Waals surface area (Å²) in [5.41, 5.74) is 3.67. The van der Waals surface area contributed by atoms with Gasteiger partial charge in [0.2, 0.25) is 0 Å². The average molecular weight is 370 g/mol. The molecule has 0 unspecified atom stereocenters. The van der Waals surface area contributed by atoms with E-state index in [4.69, 9.17) is 14.0 Å². The van der Waals surface area contributed by atoms with Crippen LogP contribution < -0.4 is 10.2 Å². The number of rotatable bonds is 6. The van der Waals surface area contributed by atoms with Crippen LogP contribution in [0.3, 0.4) is 0 Å². The first-order chi connectivity index (χ1) is 12.7. The summed E-state index contributed by atoms with van der Waals surface area (Å²) in [5, 5.41) is 4.57. The Hall–Kier alpha value is -1.79. The SMILES string of the molecule is CCc1cc(COc2ccc(B3OC(C)(C)C(C)(C)O3)c(C)c2)n(CC)n1. The summed E-state index contributed by atoms with van der Waals surface area (Å²) < 4.78 is 20.4. The minimum absolute atomic E-state index is 0.338. The third-order valence-corrected chi connectivity index (χ3v) is 5.71. The Bertz CT molecular complexity index is 798. The zero-order valence-corrected chi connectivity index (χ0v) is 17.6. The molecule has 0 radical (unpaired) electrons. The normalized spacial score (nSPS) is 18.1. The second-order valence-corrected chi connectivity index (χ2v) is 8.19. The minimum atomic E-state index is -0.349. The Labute approximate surface area is 163 Å². The molecule has 2 aromatic rings. The quantitative estimate of drug-likeness (QED) is 0.729. The average Bonchev–Trinajstić information content (AvgIpc) is 3.10. The highest BCUT2D eigenvalue weighted by Crippen LogP contribution is 2.36. The summed E-state index contributed by atoms with van der Waals surface area (Å²) in [6, 6.07) is 8.20. The van der Waals surface area contributed by atoms with E-state index >= 15 is 0 Å². The molecule has 146 valence electrons. The predicted octanol–water partition coefficient (Wildman–Crippen LogP) is 3.65. The van der Waals surface area contributed by atoms with E-state index in [1.807, 2.05) is 22.9 Å². The summed E-state index contributed by atoms with van der Waals surface area (Å²) in [6.45, 7) is 15.9. The highest BCUT2D eigenvalue weighted by molar-refractivity contribution is 6.62. The first kappa shape index (κ1) is 20.0. The molecule has 0 atom stereocenters. The number of benzene rings is 1. The molecule has 6 heteroatoms. The van der Waals surface area contributed by atoms with E-state index in [0.717, 1.165) is 41.1 Å². The molecule has 0 bridgehead atoms. The van der Waals surface area contributed by atoms with Gasteiger partial charge in [-0.1, -0.05) is 13.0 Å². The van der Waals surface area contributed by atoms with E-state index < -0.39 is 0 Å². The largest absolute Gasteiger partial charge is 0.495 e. The first-order valence-electron chi connectivity index (χ1n) is 9.81. The van der Waals surface area contributed by atoms with Gasteiger partial charge in [0.05, 0.1) is 22.6 Å². The Morgan fingerprint density at radius 3 is 2.30 bits per heavy atom. The van der Waals surface area contributed by atoms with Crippen molar-refractivity contribution in [2.45, 2.75) is 79.2 Å². The fourth-order valence-corrected chi connectivity index (χ4v) is 3.21. The second-order valence-electron chi connectivity index (χ2n) is 8.19. The lowest BCUT2D eigenvalue weighted by atomic mass is 9.76. The summed E-state index contributed by atoms with van der Waals surface area (Å²) in [5.74, 6) is 0.842. The number of nitrogens with zero attached hydrogens (tertiary/aromatic N) is 2.